The van der Waals surface area contributed by atoms with Crippen molar-refractivity contribution in [1.82, 2.24) is 0 Å². The molecule has 0 unspecified atom stereocenters. The van der Waals surface area contributed by atoms with Crippen LogP contribution in [0.2, 0.25) is 0 Å². The maximum Gasteiger partial charge on any atom is 0.159 e. The van der Waals surface area contributed by atoms with Crippen LogP contribution in [-0.4, -0.2) is 0 Å². The molecule has 0 bridgehead atoms. The van der Waals surface area contributed by atoms with E-state index < -0.39 is 11.6 Å². The second-order valence-electron chi connectivity index (χ2n) is 4.58. The van der Waals surface area contributed by atoms with Gasteiger partial charge in [0.05, 0.1) is 0 Å². The van der Waals surface area contributed by atoms with E-state index in [2.05, 4.69) is 0 Å². The van der Waals surface area contributed by atoms with Gasteiger partial charge in [0.25, 0.3) is 0 Å². The molecule has 0 heterocycles. The zero-order valence-corrected chi connectivity index (χ0v) is 10.7. The van der Waals surface area contributed by atoms with Crippen LogP contribution in [0, 0.1) is 11.6 Å². The summed E-state index contributed by atoms with van der Waals surface area (Å²) in [6.07, 6.45) is 0. The average Bonchev–Trinajstić information content (AvgIpc) is 2.51. The number of benzene rings is 3. The van der Waals surface area contributed by atoms with Crippen LogP contribution < -0.4 is 0 Å². The Morgan fingerprint density at radius 1 is 0.450 bits per heavy atom. The van der Waals surface area contributed by atoms with Crippen LogP contribution in [0.15, 0.2) is 72.8 Å². The van der Waals surface area contributed by atoms with Crippen molar-refractivity contribution in [3.63, 3.8) is 0 Å². The van der Waals surface area contributed by atoms with Gasteiger partial charge in [-0.1, -0.05) is 54.6 Å². The Bertz CT molecular complexity index is 733. The van der Waals surface area contributed by atoms with Gasteiger partial charge in [0.2, 0.25) is 0 Å². The quantitative estimate of drug-likeness (QED) is 0.590. The van der Waals surface area contributed by atoms with Gasteiger partial charge in [-0.2, -0.15) is 0 Å². The lowest BCUT2D eigenvalue weighted by Gasteiger charge is -2.06. The van der Waals surface area contributed by atoms with E-state index in [1.807, 2.05) is 54.6 Å². The Morgan fingerprint density at radius 2 is 1.05 bits per heavy atom. The lowest BCUT2D eigenvalue weighted by atomic mass is 9.99. The SMILES string of the molecule is Fc1ccc(-c2cccc(-c3ccccc3)c2)cc1F. The maximum atomic E-state index is 13.3. The van der Waals surface area contributed by atoms with Crippen LogP contribution in [-0.2, 0) is 0 Å². The molecule has 3 aromatic rings. The van der Waals surface area contributed by atoms with Crippen LogP contribution in [0.3, 0.4) is 0 Å². The van der Waals surface area contributed by atoms with Crippen molar-refractivity contribution >= 4 is 0 Å². The van der Waals surface area contributed by atoms with Crippen molar-refractivity contribution in [2.45, 2.75) is 0 Å². The summed E-state index contributed by atoms with van der Waals surface area (Å²) in [5.41, 5.74) is 3.68. The molecule has 0 fully saturated rings. The largest absolute Gasteiger partial charge is 0.204 e. The molecule has 0 aliphatic rings. The summed E-state index contributed by atoms with van der Waals surface area (Å²) >= 11 is 0. The smallest absolute Gasteiger partial charge is 0.159 e. The maximum absolute atomic E-state index is 13.3. The van der Waals surface area contributed by atoms with Crippen molar-refractivity contribution in [2.24, 2.45) is 0 Å². The zero-order valence-electron chi connectivity index (χ0n) is 10.7. The minimum Gasteiger partial charge on any atom is -0.204 e. The second-order valence-corrected chi connectivity index (χ2v) is 4.58. The van der Waals surface area contributed by atoms with Crippen LogP contribution in [0.25, 0.3) is 22.3 Å². The fraction of sp³-hybridized carbons (Fsp3) is 0. The van der Waals surface area contributed by atoms with Gasteiger partial charge >= 0.3 is 0 Å². The molecule has 0 aliphatic heterocycles. The van der Waals surface area contributed by atoms with Gasteiger partial charge in [-0.05, 0) is 40.5 Å². The highest BCUT2D eigenvalue weighted by atomic mass is 19.2. The fourth-order valence-corrected chi connectivity index (χ4v) is 2.18. The molecular formula is C18H12F2. The fourth-order valence-electron chi connectivity index (χ4n) is 2.18. The predicted octanol–water partition coefficient (Wildman–Crippen LogP) is 5.30. The second kappa shape index (κ2) is 5.25. The summed E-state index contributed by atoms with van der Waals surface area (Å²) in [6.45, 7) is 0. The Kier molecular flexibility index (Phi) is 3.30. The highest BCUT2D eigenvalue weighted by molar-refractivity contribution is 5.72. The van der Waals surface area contributed by atoms with Crippen LogP contribution in [0.4, 0.5) is 8.78 Å². The van der Waals surface area contributed by atoms with E-state index in [0.29, 0.717) is 5.56 Å². The first-order valence-electron chi connectivity index (χ1n) is 6.35. The van der Waals surface area contributed by atoms with Gasteiger partial charge in [0, 0.05) is 0 Å². The van der Waals surface area contributed by atoms with Gasteiger partial charge in [0.1, 0.15) is 0 Å². The van der Waals surface area contributed by atoms with Gasteiger partial charge in [0.15, 0.2) is 11.6 Å². The Morgan fingerprint density at radius 3 is 1.75 bits per heavy atom. The summed E-state index contributed by atoms with van der Waals surface area (Å²) in [6, 6.07) is 21.7. The number of halogens is 2. The molecular weight excluding hydrogens is 254 g/mol. The summed E-state index contributed by atoms with van der Waals surface area (Å²) < 4.78 is 26.3. The monoisotopic (exact) mass is 266 g/mol. The average molecular weight is 266 g/mol. The molecule has 0 aromatic heterocycles. The van der Waals surface area contributed by atoms with E-state index in [9.17, 15) is 8.78 Å². The minimum absolute atomic E-state index is 0.668. The standard InChI is InChI=1S/C18H12F2/c19-17-10-9-16(12-18(17)20)15-8-4-7-14(11-15)13-5-2-1-3-6-13/h1-12H. The molecule has 0 nitrogen and oxygen atoms in total. The first-order valence-corrected chi connectivity index (χ1v) is 6.35. The third-order valence-electron chi connectivity index (χ3n) is 3.22. The molecule has 0 atom stereocenters. The lowest BCUT2D eigenvalue weighted by Crippen LogP contribution is -1.86. The summed E-state index contributed by atoms with van der Waals surface area (Å²) in [4.78, 5) is 0. The zero-order chi connectivity index (χ0) is 13.9. The van der Waals surface area contributed by atoms with Gasteiger partial charge in [-0.25, -0.2) is 8.78 Å². The van der Waals surface area contributed by atoms with Gasteiger partial charge < -0.3 is 0 Å². The summed E-state index contributed by atoms with van der Waals surface area (Å²) in [5.74, 6) is -1.65. The normalized spacial score (nSPS) is 10.5. The first kappa shape index (κ1) is 12.5. The molecule has 20 heavy (non-hydrogen) atoms. The van der Waals surface area contributed by atoms with Crippen molar-refractivity contribution in [3.8, 4) is 22.3 Å². The van der Waals surface area contributed by atoms with E-state index in [-0.39, 0.29) is 0 Å². The predicted molar refractivity (Wildman–Crippen MR) is 77.2 cm³/mol. The summed E-state index contributed by atoms with van der Waals surface area (Å²) in [7, 11) is 0. The lowest BCUT2D eigenvalue weighted by molar-refractivity contribution is 0.509. The van der Waals surface area contributed by atoms with E-state index >= 15 is 0 Å². The molecule has 0 radical (unpaired) electrons. The van der Waals surface area contributed by atoms with E-state index in [1.165, 1.54) is 6.07 Å². The van der Waals surface area contributed by atoms with Crippen molar-refractivity contribution < 1.29 is 8.78 Å². The molecule has 0 N–H and O–H groups in total. The molecule has 0 amide bonds. The highest BCUT2D eigenvalue weighted by Crippen LogP contribution is 2.27. The Hall–Kier alpha value is -2.48. The van der Waals surface area contributed by atoms with E-state index in [4.69, 9.17) is 0 Å². The van der Waals surface area contributed by atoms with Gasteiger partial charge in [-0.3, -0.25) is 0 Å². The first-order chi connectivity index (χ1) is 9.74. The third kappa shape index (κ3) is 2.45. The number of hydrogen-bond acceptors (Lipinski definition) is 0. The van der Waals surface area contributed by atoms with Crippen molar-refractivity contribution in [1.29, 1.82) is 0 Å². The van der Waals surface area contributed by atoms with Gasteiger partial charge in [-0.15, -0.1) is 0 Å². The Balaban J connectivity index is 2.05. The van der Waals surface area contributed by atoms with Crippen LogP contribution in [0.5, 0.6) is 0 Å². The summed E-state index contributed by atoms with van der Waals surface area (Å²) in [5, 5.41) is 0. The highest BCUT2D eigenvalue weighted by Gasteiger charge is 2.05. The van der Waals surface area contributed by atoms with E-state index in [0.717, 1.165) is 22.8 Å². The van der Waals surface area contributed by atoms with E-state index in [1.54, 1.807) is 6.07 Å². The molecule has 98 valence electrons. The molecule has 2 heteroatoms. The van der Waals surface area contributed by atoms with Crippen LogP contribution >= 0.6 is 0 Å². The molecule has 0 spiro atoms. The molecule has 0 saturated heterocycles. The van der Waals surface area contributed by atoms with Crippen molar-refractivity contribution in [2.75, 3.05) is 0 Å². The molecule has 3 rings (SSSR count). The number of rotatable bonds is 2. The molecule has 0 saturated carbocycles. The molecule has 0 aliphatic carbocycles. The molecule has 3 aromatic carbocycles. The topological polar surface area (TPSA) is 0 Å². The van der Waals surface area contributed by atoms with Crippen molar-refractivity contribution in [3.05, 3.63) is 84.4 Å². The number of hydrogen-bond donors (Lipinski definition) is 0. The van der Waals surface area contributed by atoms with Crippen LogP contribution in [0.1, 0.15) is 0 Å². The minimum atomic E-state index is -0.826. The third-order valence-corrected chi connectivity index (χ3v) is 3.22. The Labute approximate surface area is 116 Å².